The molecule has 0 fully saturated rings. The standard InChI is InChI=1S/C7H7F3N2O2/c8-7(9,10)4-14-6-2-1-5(3-13)11-12-6/h1-2,13H,3-4H2. The second-order valence-electron chi connectivity index (χ2n) is 2.42. The van der Waals surface area contributed by atoms with Crippen molar-refractivity contribution in [1.82, 2.24) is 10.2 Å². The molecule has 0 radical (unpaired) electrons. The van der Waals surface area contributed by atoms with E-state index in [9.17, 15) is 13.2 Å². The molecule has 1 heterocycles. The predicted molar refractivity (Wildman–Crippen MR) is 39.5 cm³/mol. The molecule has 1 aromatic rings. The third-order valence-corrected chi connectivity index (χ3v) is 1.24. The maximum absolute atomic E-state index is 11.7. The fourth-order valence-corrected chi connectivity index (χ4v) is 0.665. The molecule has 0 spiro atoms. The summed E-state index contributed by atoms with van der Waals surface area (Å²) in [7, 11) is 0. The summed E-state index contributed by atoms with van der Waals surface area (Å²) in [6.45, 7) is -1.72. The Morgan fingerprint density at radius 2 is 2.00 bits per heavy atom. The Morgan fingerprint density at radius 1 is 1.29 bits per heavy atom. The van der Waals surface area contributed by atoms with Crippen LogP contribution in [0.25, 0.3) is 0 Å². The zero-order chi connectivity index (χ0) is 10.6. The minimum absolute atomic E-state index is 0.223. The zero-order valence-corrected chi connectivity index (χ0v) is 6.95. The Hall–Kier alpha value is -1.37. The van der Waals surface area contributed by atoms with E-state index in [1.54, 1.807) is 0 Å². The van der Waals surface area contributed by atoms with Gasteiger partial charge in [0, 0.05) is 6.07 Å². The van der Waals surface area contributed by atoms with Crippen LogP contribution in [-0.2, 0) is 6.61 Å². The molecule has 0 aliphatic rings. The molecule has 0 unspecified atom stereocenters. The summed E-state index contributed by atoms with van der Waals surface area (Å²) in [5.74, 6) is -0.223. The Kier molecular flexibility index (Phi) is 3.23. The molecule has 0 bridgehead atoms. The van der Waals surface area contributed by atoms with Gasteiger partial charge < -0.3 is 9.84 Å². The topological polar surface area (TPSA) is 55.2 Å². The van der Waals surface area contributed by atoms with Crippen molar-refractivity contribution in [1.29, 1.82) is 0 Å². The molecule has 14 heavy (non-hydrogen) atoms. The normalized spacial score (nSPS) is 11.4. The van der Waals surface area contributed by atoms with Crippen LogP contribution in [0.2, 0.25) is 0 Å². The van der Waals surface area contributed by atoms with Crippen molar-refractivity contribution >= 4 is 0 Å². The van der Waals surface area contributed by atoms with E-state index in [0.29, 0.717) is 0 Å². The molecule has 0 atom stereocenters. The van der Waals surface area contributed by atoms with E-state index in [4.69, 9.17) is 5.11 Å². The SMILES string of the molecule is OCc1ccc(OCC(F)(F)F)nn1. The lowest BCUT2D eigenvalue weighted by atomic mass is 10.4. The van der Waals surface area contributed by atoms with Crippen LogP contribution in [0.5, 0.6) is 5.88 Å². The summed E-state index contributed by atoms with van der Waals surface area (Å²) < 4.78 is 39.3. The van der Waals surface area contributed by atoms with Crippen LogP contribution in [0.4, 0.5) is 13.2 Å². The fraction of sp³-hybridized carbons (Fsp3) is 0.429. The van der Waals surface area contributed by atoms with E-state index < -0.39 is 12.8 Å². The molecule has 0 aromatic carbocycles. The molecule has 0 aliphatic carbocycles. The van der Waals surface area contributed by atoms with E-state index in [1.807, 2.05) is 0 Å². The number of hydrogen-bond donors (Lipinski definition) is 1. The van der Waals surface area contributed by atoms with Gasteiger partial charge in [-0.25, -0.2) is 0 Å². The minimum atomic E-state index is -4.39. The third-order valence-electron chi connectivity index (χ3n) is 1.24. The summed E-state index contributed by atoms with van der Waals surface area (Å²) >= 11 is 0. The lowest BCUT2D eigenvalue weighted by Crippen LogP contribution is -2.19. The lowest BCUT2D eigenvalue weighted by molar-refractivity contribution is -0.154. The molecular formula is C7H7F3N2O2. The van der Waals surface area contributed by atoms with Gasteiger partial charge in [-0.05, 0) is 6.07 Å². The summed E-state index contributed by atoms with van der Waals surface area (Å²) in [4.78, 5) is 0. The Labute approximate surface area is 77.3 Å². The fourth-order valence-electron chi connectivity index (χ4n) is 0.665. The average Bonchev–Trinajstić information content (AvgIpc) is 2.14. The van der Waals surface area contributed by atoms with E-state index >= 15 is 0 Å². The number of nitrogens with zero attached hydrogens (tertiary/aromatic N) is 2. The maximum atomic E-state index is 11.7. The quantitative estimate of drug-likeness (QED) is 0.802. The van der Waals surface area contributed by atoms with Crippen LogP contribution in [-0.4, -0.2) is 28.1 Å². The predicted octanol–water partition coefficient (Wildman–Crippen LogP) is 0.910. The van der Waals surface area contributed by atoms with Gasteiger partial charge in [-0.3, -0.25) is 0 Å². The summed E-state index contributed by atoms with van der Waals surface area (Å²) in [6, 6.07) is 2.54. The molecule has 1 aromatic heterocycles. The summed E-state index contributed by atoms with van der Waals surface area (Å²) in [5.41, 5.74) is 0.268. The Morgan fingerprint density at radius 3 is 2.43 bits per heavy atom. The highest BCUT2D eigenvalue weighted by Crippen LogP contribution is 2.16. The van der Waals surface area contributed by atoms with E-state index in [0.717, 1.165) is 0 Å². The maximum Gasteiger partial charge on any atom is 0.422 e. The van der Waals surface area contributed by atoms with Gasteiger partial charge in [0.1, 0.15) is 0 Å². The molecule has 0 aliphatic heterocycles. The van der Waals surface area contributed by atoms with Crippen molar-refractivity contribution < 1.29 is 23.0 Å². The first-order valence-electron chi connectivity index (χ1n) is 3.64. The summed E-state index contributed by atoms with van der Waals surface area (Å²) in [5, 5.41) is 15.3. The number of ether oxygens (including phenoxy) is 1. The number of rotatable bonds is 3. The van der Waals surface area contributed by atoms with E-state index in [2.05, 4.69) is 14.9 Å². The molecule has 7 heteroatoms. The van der Waals surface area contributed by atoms with Gasteiger partial charge in [-0.15, -0.1) is 10.2 Å². The average molecular weight is 208 g/mol. The highest BCUT2D eigenvalue weighted by molar-refractivity contribution is 5.10. The Bertz CT molecular complexity index is 286. The minimum Gasteiger partial charge on any atom is -0.467 e. The number of aliphatic hydroxyl groups is 1. The van der Waals surface area contributed by atoms with Crippen LogP contribution >= 0.6 is 0 Å². The monoisotopic (exact) mass is 208 g/mol. The van der Waals surface area contributed by atoms with Crippen LogP contribution in [0, 0.1) is 0 Å². The highest BCUT2D eigenvalue weighted by atomic mass is 19.4. The first-order valence-corrected chi connectivity index (χ1v) is 3.64. The van der Waals surface area contributed by atoms with E-state index in [1.165, 1.54) is 12.1 Å². The molecule has 0 amide bonds. The molecule has 1 rings (SSSR count). The van der Waals surface area contributed by atoms with Gasteiger partial charge in [0.25, 0.3) is 0 Å². The Balaban J connectivity index is 2.52. The number of halogens is 3. The molecule has 4 nitrogen and oxygen atoms in total. The number of hydrogen-bond acceptors (Lipinski definition) is 4. The van der Waals surface area contributed by atoms with Crippen LogP contribution < -0.4 is 4.74 Å². The van der Waals surface area contributed by atoms with Crippen LogP contribution in [0.1, 0.15) is 5.69 Å². The molecule has 0 saturated heterocycles. The smallest absolute Gasteiger partial charge is 0.422 e. The van der Waals surface area contributed by atoms with Crippen molar-refractivity contribution in [2.75, 3.05) is 6.61 Å². The second kappa shape index (κ2) is 4.23. The van der Waals surface area contributed by atoms with Gasteiger partial charge in [-0.1, -0.05) is 0 Å². The molecular weight excluding hydrogens is 201 g/mol. The highest BCUT2D eigenvalue weighted by Gasteiger charge is 2.28. The molecule has 78 valence electrons. The second-order valence-corrected chi connectivity index (χ2v) is 2.42. The van der Waals surface area contributed by atoms with Crippen LogP contribution in [0.3, 0.4) is 0 Å². The number of aliphatic hydroxyl groups excluding tert-OH is 1. The molecule has 0 saturated carbocycles. The zero-order valence-electron chi connectivity index (χ0n) is 6.95. The lowest BCUT2D eigenvalue weighted by Gasteiger charge is -2.07. The third kappa shape index (κ3) is 3.56. The van der Waals surface area contributed by atoms with Crippen LogP contribution in [0.15, 0.2) is 12.1 Å². The van der Waals surface area contributed by atoms with Crippen molar-refractivity contribution in [3.05, 3.63) is 17.8 Å². The van der Waals surface area contributed by atoms with Crippen molar-refractivity contribution in [3.8, 4) is 5.88 Å². The first-order chi connectivity index (χ1) is 6.51. The van der Waals surface area contributed by atoms with E-state index in [-0.39, 0.29) is 18.2 Å². The summed E-state index contributed by atoms with van der Waals surface area (Å²) in [6.07, 6.45) is -4.39. The van der Waals surface area contributed by atoms with Gasteiger partial charge in [-0.2, -0.15) is 13.2 Å². The van der Waals surface area contributed by atoms with Gasteiger partial charge in [0.2, 0.25) is 5.88 Å². The van der Waals surface area contributed by atoms with Crippen molar-refractivity contribution in [2.45, 2.75) is 12.8 Å². The molecule has 1 N–H and O–H groups in total. The van der Waals surface area contributed by atoms with Gasteiger partial charge >= 0.3 is 6.18 Å². The van der Waals surface area contributed by atoms with Crippen molar-refractivity contribution in [2.24, 2.45) is 0 Å². The largest absolute Gasteiger partial charge is 0.467 e. The van der Waals surface area contributed by atoms with Gasteiger partial charge in [0.05, 0.1) is 12.3 Å². The first kappa shape index (κ1) is 10.7. The van der Waals surface area contributed by atoms with Gasteiger partial charge in [0.15, 0.2) is 6.61 Å². The van der Waals surface area contributed by atoms with Crippen molar-refractivity contribution in [3.63, 3.8) is 0 Å². The number of alkyl halides is 3. The number of aromatic nitrogens is 2.